The number of carbonyl (C=O) groups is 1. The highest BCUT2D eigenvalue weighted by molar-refractivity contribution is 5.99. The zero-order valence-electron chi connectivity index (χ0n) is 18.3. The molecule has 1 unspecified atom stereocenters. The molecule has 0 aliphatic heterocycles. The Labute approximate surface area is 198 Å². The lowest BCUT2D eigenvalue weighted by molar-refractivity contribution is 0.0692. The molecule has 4 aromatic carbocycles. The summed E-state index contributed by atoms with van der Waals surface area (Å²) in [4.78, 5) is 11.4. The van der Waals surface area contributed by atoms with Crippen LogP contribution in [0.1, 0.15) is 34.5 Å². The van der Waals surface area contributed by atoms with Gasteiger partial charge in [0.05, 0.1) is 12.7 Å². The van der Waals surface area contributed by atoms with Gasteiger partial charge in [-0.1, -0.05) is 48.5 Å². The van der Waals surface area contributed by atoms with Gasteiger partial charge in [-0.15, -0.1) is 12.4 Å². The fourth-order valence-corrected chi connectivity index (χ4v) is 3.90. The third kappa shape index (κ3) is 5.16. The second-order valence-corrected chi connectivity index (χ2v) is 7.72. The summed E-state index contributed by atoms with van der Waals surface area (Å²) in [5.74, 6) is -1.20. The molecular formula is C27H25ClFNO3. The molecule has 0 saturated carbocycles. The van der Waals surface area contributed by atoms with Gasteiger partial charge in [-0.25, -0.2) is 9.18 Å². The first-order chi connectivity index (χ1) is 15.5. The topological polar surface area (TPSA) is 58.6 Å². The number of ether oxygens (including phenoxy) is 1. The first-order valence-corrected chi connectivity index (χ1v) is 10.4. The predicted octanol–water partition coefficient (Wildman–Crippen LogP) is 6.63. The van der Waals surface area contributed by atoms with Crippen LogP contribution in [0.25, 0.3) is 21.9 Å². The molecule has 0 heterocycles. The van der Waals surface area contributed by atoms with E-state index >= 15 is 4.39 Å². The van der Waals surface area contributed by atoms with Crippen molar-refractivity contribution in [2.75, 3.05) is 7.11 Å². The maximum atomic E-state index is 15.1. The van der Waals surface area contributed by atoms with E-state index in [2.05, 4.69) is 18.3 Å². The van der Waals surface area contributed by atoms with E-state index in [0.717, 1.165) is 27.6 Å². The highest BCUT2D eigenvalue weighted by atomic mass is 35.5. The van der Waals surface area contributed by atoms with E-state index in [0.29, 0.717) is 12.1 Å². The molecule has 0 aromatic heterocycles. The van der Waals surface area contributed by atoms with Gasteiger partial charge in [-0.2, -0.15) is 0 Å². The van der Waals surface area contributed by atoms with E-state index in [1.54, 1.807) is 19.2 Å². The van der Waals surface area contributed by atoms with Crippen LogP contribution in [0, 0.1) is 5.82 Å². The van der Waals surface area contributed by atoms with Crippen LogP contribution >= 0.6 is 12.4 Å². The van der Waals surface area contributed by atoms with Crippen LogP contribution < -0.4 is 10.1 Å². The van der Waals surface area contributed by atoms with Crippen molar-refractivity contribution in [2.45, 2.75) is 19.5 Å². The molecule has 1 atom stereocenters. The molecule has 0 bridgehead atoms. The quantitative estimate of drug-likeness (QED) is 0.322. The number of fused-ring (bicyclic) bond motifs is 1. The summed E-state index contributed by atoms with van der Waals surface area (Å²) in [6.07, 6.45) is 0. The van der Waals surface area contributed by atoms with Gasteiger partial charge in [0.2, 0.25) is 0 Å². The zero-order chi connectivity index (χ0) is 22.7. The molecule has 0 fully saturated rings. The third-order valence-corrected chi connectivity index (χ3v) is 5.65. The van der Waals surface area contributed by atoms with Crippen LogP contribution in [0.15, 0.2) is 78.9 Å². The number of carboxylic acids is 1. The van der Waals surface area contributed by atoms with E-state index in [9.17, 15) is 9.90 Å². The lowest BCUT2D eigenvalue weighted by Gasteiger charge is -2.17. The Kier molecular flexibility index (Phi) is 7.69. The number of benzene rings is 4. The Morgan fingerprint density at radius 1 is 1.00 bits per heavy atom. The maximum Gasteiger partial charge on any atom is 0.338 e. The summed E-state index contributed by atoms with van der Waals surface area (Å²) in [5.41, 5.74) is 2.71. The van der Waals surface area contributed by atoms with Crippen LogP contribution in [0.5, 0.6) is 5.75 Å². The summed E-state index contributed by atoms with van der Waals surface area (Å²) in [6.45, 7) is 2.64. The van der Waals surface area contributed by atoms with Crippen molar-refractivity contribution in [3.8, 4) is 16.9 Å². The lowest BCUT2D eigenvalue weighted by atomic mass is 9.94. The summed E-state index contributed by atoms with van der Waals surface area (Å²) in [5, 5.41) is 14.7. The van der Waals surface area contributed by atoms with Gasteiger partial charge in [0.1, 0.15) is 11.6 Å². The molecule has 170 valence electrons. The third-order valence-electron chi connectivity index (χ3n) is 5.65. The van der Waals surface area contributed by atoms with Crippen LogP contribution in [-0.4, -0.2) is 18.2 Å². The molecular weight excluding hydrogens is 441 g/mol. The average molecular weight is 466 g/mol. The van der Waals surface area contributed by atoms with E-state index in [4.69, 9.17) is 4.74 Å². The Bertz CT molecular complexity index is 1290. The first-order valence-electron chi connectivity index (χ1n) is 10.4. The van der Waals surface area contributed by atoms with E-state index in [1.807, 2.05) is 54.6 Å². The molecule has 0 aliphatic rings. The van der Waals surface area contributed by atoms with Gasteiger partial charge in [0, 0.05) is 18.2 Å². The minimum absolute atomic E-state index is 0. The Balaban J connectivity index is 0.00000306. The van der Waals surface area contributed by atoms with Gasteiger partial charge >= 0.3 is 5.97 Å². The summed E-state index contributed by atoms with van der Waals surface area (Å²) in [6, 6.07) is 24.2. The maximum absolute atomic E-state index is 15.1. The minimum Gasteiger partial charge on any atom is -0.497 e. The van der Waals surface area contributed by atoms with Gasteiger partial charge in [0.15, 0.2) is 0 Å². The molecule has 4 rings (SSSR count). The molecule has 4 aromatic rings. The lowest BCUT2D eigenvalue weighted by Crippen LogP contribution is -2.18. The number of aromatic carboxylic acids is 1. The van der Waals surface area contributed by atoms with Crippen LogP contribution in [0.4, 0.5) is 4.39 Å². The molecule has 4 nitrogen and oxygen atoms in total. The van der Waals surface area contributed by atoms with Gasteiger partial charge in [-0.3, -0.25) is 0 Å². The zero-order valence-corrected chi connectivity index (χ0v) is 19.2. The number of hydrogen-bond donors (Lipinski definition) is 2. The monoisotopic (exact) mass is 465 g/mol. The van der Waals surface area contributed by atoms with Gasteiger partial charge < -0.3 is 15.2 Å². The van der Waals surface area contributed by atoms with Crippen molar-refractivity contribution >= 4 is 29.1 Å². The molecule has 0 spiro atoms. The Morgan fingerprint density at radius 3 is 2.52 bits per heavy atom. The van der Waals surface area contributed by atoms with Crippen molar-refractivity contribution in [1.82, 2.24) is 5.32 Å². The fourth-order valence-electron chi connectivity index (χ4n) is 3.90. The second kappa shape index (κ2) is 10.5. The number of carboxylic acid groups (broad SMARTS) is 1. The standard InChI is InChI=1S/C27H24FNO3.ClH/c1-17(19-8-5-9-21(15-19)32-2)29-16-18-13-20-7-3-4-10-22(20)25(14-18)23-11-6-12-24(26(23)28)27(30)31;/h3-15,17,29H,16H2,1-2H3,(H,30,31);1H. The fraction of sp³-hybridized carbons (Fsp3) is 0.148. The number of rotatable bonds is 7. The molecule has 0 aliphatic carbocycles. The number of hydrogen-bond acceptors (Lipinski definition) is 3. The van der Waals surface area contributed by atoms with Gasteiger partial charge in [0.25, 0.3) is 0 Å². The van der Waals surface area contributed by atoms with Crippen molar-refractivity contribution < 1.29 is 19.0 Å². The number of nitrogens with one attached hydrogen (secondary N) is 1. The van der Waals surface area contributed by atoms with E-state index in [1.165, 1.54) is 6.07 Å². The van der Waals surface area contributed by atoms with Crippen molar-refractivity contribution in [2.24, 2.45) is 0 Å². The molecule has 2 N–H and O–H groups in total. The SMILES string of the molecule is COc1cccc(C(C)NCc2cc(-c3cccc(C(=O)O)c3F)c3ccccc3c2)c1.Cl. The molecule has 33 heavy (non-hydrogen) atoms. The smallest absolute Gasteiger partial charge is 0.338 e. The number of halogens is 2. The van der Waals surface area contributed by atoms with E-state index < -0.39 is 11.8 Å². The minimum atomic E-state index is -1.28. The highest BCUT2D eigenvalue weighted by Gasteiger charge is 2.17. The summed E-state index contributed by atoms with van der Waals surface area (Å²) < 4.78 is 20.4. The van der Waals surface area contributed by atoms with Crippen LogP contribution in [0.3, 0.4) is 0 Å². The van der Waals surface area contributed by atoms with Crippen molar-refractivity contribution in [1.29, 1.82) is 0 Å². The predicted molar refractivity (Wildman–Crippen MR) is 132 cm³/mol. The first kappa shape index (κ1) is 24.2. The van der Waals surface area contributed by atoms with Gasteiger partial charge in [-0.05, 0) is 64.7 Å². The summed E-state index contributed by atoms with van der Waals surface area (Å²) >= 11 is 0. The van der Waals surface area contributed by atoms with Crippen LogP contribution in [-0.2, 0) is 6.54 Å². The summed E-state index contributed by atoms with van der Waals surface area (Å²) in [7, 11) is 1.65. The molecule has 6 heteroatoms. The van der Waals surface area contributed by atoms with E-state index in [-0.39, 0.29) is 29.6 Å². The van der Waals surface area contributed by atoms with Crippen molar-refractivity contribution in [3.63, 3.8) is 0 Å². The number of methoxy groups -OCH3 is 1. The molecule has 0 amide bonds. The normalized spacial score (nSPS) is 11.6. The second-order valence-electron chi connectivity index (χ2n) is 7.72. The van der Waals surface area contributed by atoms with Crippen molar-refractivity contribution in [3.05, 3.63) is 101 Å². The molecule has 0 radical (unpaired) electrons. The molecule has 0 saturated heterocycles. The highest BCUT2D eigenvalue weighted by Crippen LogP contribution is 2.33. The Hall–Kier alpha value is -3.41. The van der Waals surface area contributed by atoms with Crippen LogP contribution in [0.2, 0.25) is 0 Å². The largest absolute Gasteiger partial charge is 0.497 e. The average Bonchev–Trinajstić information content (AvgIpc) is 2.82. The Morgan fingerprint density at radius 2 is 1.76 bits per heavy atom.